The number of nitrogens with two attached hydrogens (primary N) is 1. The molecule has 0 aromatic heterocycles. The number of carbonyl (C=O) groups is 1. The van der Waals surface area contributed by atoms with Gasteiger partial charge < -0.3 is 11.1 Å². The van der Waals surface area contributed by atoms with E-state index in [2.05, 4.69) is 5.32 Å². The fourth-order valence-corrected chi connectivity index (χ4v) is 2.56. The normalized spacial score (nSPS) is 30.9. The molecule has 1 saturated carbocycles. The molecule has 3 atom stereocenters. The lowest BCUT2D eigenvalue weighted by molar-refractivity contribution is -0.143. The van der Waals surface area contributed by atoms with E-state index in [1.807, 2.05) is 6.92 Å². The average molecular weight is 266 g/mol. The minimum Gasteiger partial charge on any atom is -0.352 e. The van der Waals surface area contributed by atoms with Crippen LogP contribution in [0.1, 0.15) is 46.0 Å². The predicted octanol–water partition coefficient (Wildman–Crippen LogP) is 2.35. The first-order chi connectivity index (χ1) is 8.12. The van der Waals surface area contributed by atoms with E-state index in [-0.39, 0.29) is 0 Å². The van der Waals surface area contributed by atoms with Gasteiger partial charge in [0.15, 0.2) is 0 Å². The number of hydrogen-bond acceptors (Lipinski definition) is 2. The molecule has 0 aromatic carbocycles. The maximum Gasteiger partial charge on any atom is 0.391 e. The molecule has 0 radical (unpaired) electrons. The molecule has 1 rings (SSSR count). The van der Waals surface area contributed by atoms with Gasteiger partial charge in [-0.3, -0.25) is 4.79 Å². The van der Waals surface area contributed by atoms with Crippen LogP contribution in [0.15, 0.2) is 0 Å². The smallest absolute Gasteiger partial charge is 0.352 e. The fourth-order valence-electron chi connectivity index (χ4n) is 2.56. The highest BCUT2D eigenvalue weighted by Gasteiger charge is 2.39. The highest BCUT2D eigenvalue weighted by atomic mass is 19.4. The zero-order valence-electron chi connectivity index (χ0n) is 10.8. The minimum absolute atomic E-state index is 0.340. The van der Waals surface area contributed by atoms with Crippen LogP contribution in [0.2, 0.25) is 0 Å². The SMILES string of the molecule is CC1CCCC(N)(C(=O)NC(C)CC(F)(F)F)C1. The fraction of sp³-hybridized carbons (Fsp3) is 0.917. The second-order valence-electron chi connectivity index (χ2n) is 5.55. The molecule has 6 heteroatoms. The van der Waals surface area contributed by atoms with Gasteiger partial charge in [-0.05, 0) is 25.7 Å². The standard InChI is InChI=1S/C12H21F3N2O/c1-8-4-3-5-11(16,6-8)10(18)17-9(2)7-12(13,14)15/h8-9H,3-7,16H2,1-2H3,(H,17,18). The van der Waals surface area contributed by atoms with E-state index >= 15 is 0 Å². The number of carbonyl (C=O) groups excluding carboxylic acids is 1. The first-order valence-corrected chi connectivity index (χ1v) is 6.29. The first-order valence-electron chi connectivity index (χ1n) is 6.29. The van der Waals surface area contributed by atoms with Crippen molar-refractivity contribution in [2.45, 2.75) is 63.7 Å². The van der Waals surface area contributed by atoms with E-state index < -0.39 is 30.1 Å². The Morgan fingerprint density at radius 2 is 2.17 bits per heavy atom. The Kier molecular flexibility index (Phi) is 4.64. The van der Waals surface area contributed by atoms with E-state index in [9.17, 15) is 18.0 Å². The minimum atomic E-state index is -4.27. The van der Waals surface area contributed by atoms with Crippen LogP contribution < -0.4 is 11.1 Å². The average Bonchev–Trinajstić information content (AvgIpc) is 2.13. The molecule has 1 aliphatic rings. The van der Waals surface area contributed by atoms with Gasteiger partial charge in [-0.1, -0.05) is 19.8 Å². The van der Waals surface area contributed by atoms with Gasteiger partial charge in [0.25, 0.3) is 0 Å². The summed E-state index contributed by atoms with van der Waals surface area (Å²) in [5.41, 5.74) is 5.01. The lowest BCUT2D eigenvalue weighted by Crippen LogP contribution is -2.58. The zero-order chi connectivity index (χ0) is 14.0. The topological polar surface area (TPSA) is 55.1 Å². The van der Waals surface area contributed by atoms with Crippen molar-refractivity contribution in [3.05, 3.63) is 0 Å². The molecule has 0 saturated heterocycles. The summed E-state index contributed by atoms with van der Waals surface area (Å²) < 4.78 is 36.5. The summed E-state index contributed by atoms with van der Waals surface area (Å²) in [7, 11) is 0. The highest BCUT2D eigenvalue weighted by Crippen LogP contribution is 2.31. The Bertz CT molecular complexity index is 306. The number of nitrogens with one attached hydrogen (secondary N) is 1. The molecule has 3 nitrogen and oxygen atoms in total. The summed E-state index contributed by atoms with van der Waals surface area (Å²) in [4.78, 5) is 12.0. The molecule has 18 heavy (non-hydrogen) atoms. The van der Waals surface area contributed by atoms with Crippen LogP contribution in [0.5, 0.6) is 0 Å². The van der Waals surface area contributed by atoms with Gasteiger partial charge in [0.2, 0.25) is 5.91 Å². The maximum absolute atomic E-state index is 12.2. The Hall–Kier alpha value is -0.780. The summed E-state index contributed by atoms with van der Waals surface area (Å²) in [6.45, 7) is 3.36. The third-order valence-electron chi connectivity index (χ3n) is 3.40. The molecule has 3 N–H and O–H groups in total. The van der Waals surface area contributed by atoms with E-state index in [0.29, 0.717) is 18.8 Å². The number of rotatable bonds is 3. The van der Waals surface area contributed by atoms with Gasteiger partial charge in [0, 0.05) is 6.04 Å². The van der Waals surface area contributed by atoms with Crippen molar-refractivity contribution in [1.82, 2.24) is 5.32 Å². The molecular formula is C12H21F3N2O. The summed E-state index contributed by atoms with van der Waals surface area (Å²) >= 11 is 0. The van der Waals surface area contributed by atoms with E-state index in [1.165, 1.54) is 6.92 Å². The first kappa shape index (κ1) is 15.3. The molecule has 0 spiro atoms. The Morgan fingerprint density at radius 3 is 2.67 bits per heavy atom. The molecule has 0 heterocycles. The monoisotopic (exact) mass is 266 g/mol. The highest BCUT2D eigenvalue weighted by molar-refractivity contribution is 5.86. The molecule has 1 amide bonds. The lowest BCUT2D eigenvalue weighted by Gasteiger charge is -2.36. The zero-order valence-corrected chi connectivity index (χ0v) is 10.8. The Balaban J connectivity index is 2.54. The Morgan fingerprint density at radius 1 is 1.56 bits per heavy atom. The molecule has 1 aliphatic carbocycles. The van der Waals surface area contributed by atoms with E-state index in [0.717, 1.165) is 12.8 Å². The Labute approximate surface area is 105 Å². The number of halogens is 3. The van der Waals surface area contributed by atoms with Crippen LogP contribution in [-0.4, -0.2) is 23.7 Å². The van der Waals surface area contributed by atoms with Crippen LogP contribution in [0.25, 0.3) is 0 Å². The van der Waals surface area contributed by atoms with Crippen LogP contribution >= 0.6 is 0 Å². The maximum atomic E-state index is 12.2. The van der Waals surface area contributed by atoms with Crippen LogP contribution in [-0.2, 0) is 4.79 Å². The number of amides is 1. The predicted molar refractivity (Wildman–Crippen MR) is 62.8 cm³/mol. The summed E-state index contributed by atoms with van der Waals surface area (Å²) in [5.74, 6) is -0.113. The largest absolute Gasteiger partial charge is 0.391 e. The molecule has 106 valence electrons. The summed E-state index contributed by atoms with van der Waals surface area (Å²) in [5, 5.41) is 2.38. The number of alkyl halides is 3. The molecule has 1 fully saturated rings. The summed E-state index contributed by atoms with van der Waals surface area (Å²) in [6.07, 6.45) is -2.35. The van der Waals surface area contributed by atoms with Gasteiger partial charge in [-0.2, -0.15) is 13.2 Å². The van der Waals surface area contributed by atoms with Gasteiger partial charge in [0.05, 0.1) is 12.0 Å². The second kappa shape index (κ2) is 5.47. The van der Waals surface area contributed by atoms with Crippen molar-refractivity contribution in [3.8, 4) is 0 Å². The van der Waals surface area contributed by atoms with E-state index in [4.69, 9.17) is 5.73 Å². The van der Waals surface area contributed by atoms with Crippen molar-refractivity contribution in [2.75, 3.05) is 0 Å². The van der Waals surface area contributed by atoms with Crippen molar-refractivity contribution >= 4 is 5.91 Å². The third-order valence-corrected chi connectivity index (χ3v) is 3.40. The molecule has 0 aliphatic heterocycles. The molecule has 0 bridgehead atoms. The second-order valence-corrected chi connectivity index (χ2v) is 5.55. The number of hydrogen-bond donors (Lipinski definition) is 2. The van der Waals surface area contributed by atoms with Crippen molar-refractivity contribution in [2.24, 2.45) is 11.7 Å². The van der Waals surface area contributed by atoms with Gasteiger partial charge in [-0.25, -0.2) is 0 Å². The van der Waals surface area contributed by atoms with Crippen molar-refractivity contribution in [1.29, 1.82) is 0 Å². The van der Waals surface area contributed by atoms with Crippen LogP contribution in [0.3, 0.4) is 0 Å². The van der Waals surface area contributed by atoms with Gasteiger partial charge >= 0.3 is 6.18 Å². The molecule has 3 unspecified atom stereocenters. The van der Waals surface area contributed by atoms with Crippen molar-refractivity contribution < 1.29 is 18.0 Å². The van der Waals surface area contributed by atoms with Crippen molar-refractivity contribution in [3.63, 3.8) is 0 Å². The lowest BCUT2D eigenvalue weighted by atomic mass is 9.76. The third kappa shape index (κ3) is 4.48. The van der Waals surface area contributed by atoms with Gasteiger partial charge in [0.1, 0.15) is 0 Å². The quantitative estimate of drug-likeness (QED) is 0.824. The van der Waals surface area contributed by atoms with Crippen LogP contribution in [0, 0.1) is 5.92 Å². The van der Waals surface area contributed by atoms with E-state index in [1.54, 1.807) is 0 Å². The molecular weight excluding hydrogens is 245 g/mol. The van der Waals surface area contributed by atoms with Gasteiger partial charge in [-0.15, -0.1) is 0 Å². The summed E-state index contributed by atoms with van der Waals surface area (Å²) in [6, 6.07) is -0.935. The van der Waals surface area contributed by atoms with Crippen LogP contribution in [0.4, 0.5) is 13.2 Å². The molecule has 0 aromatic rings.